The molecule has 0 heterocycles. The molecule has 0 aromatic heterocycles. The van der Waals surface area contributed by atoms with Crippen LogP contribution in [0.1, 0.15) is 21.5 Å². The molecule has 0 aliphatic carbocycles. The molecule has 0 unspecified atom stereocenters. The van der Waals surface area contributed by atoms with Crippen molar-refractivity contribution in [2.45, 2.75) is 17.6 Å². The predicted molar refractivity (Wildman–Crippen MR) is 113 cm³/mol. The number of hydrogen-bond donors (Lipinski definition) is 1. The van der Waals surface area contributed by atoms with Crippen molar-refractivity contribution in [1.29, 1.82) is 0 Å². The molecule has 1 N–H and O–H groups in total. The van der Waals surface area contributed by atoms with Crippen LogP contribution in [-0.2, 0) is 5.75 Å². The second-order valence-corrected chi connectivity index (χ2v) is 7.58. The Morgan fingerprint density at radius 3 is 2.50 bits per heavy atom. The molecule has 28 heavy (non-hydrogen) atoms. The summed E-state index contributed by atoms with van der Waals surface area (Å²) < 4.78 is 0. The number of hydrogen-bond acceptors (Lipinski definition) is 4. The van der Waals surface area contributed by atoms with Crippen LogP contribution in [-0.4, -0.2) is 10.8 Å². The van der Waals surface area contributed by atoms with E-state index < -0.39 is 4.92 Å². The van der Waals surface area contributed by atoms with Crippen LogP contribution in [0.25, 0.3) is 0 Å². The minimum Gasteiger partial charge on any atom is -0.321 e. The number of carbonyl (C=O) groups is 1. The topological polar surface area (TPSA) is 72.2 Å². The molecular weight excluding hydrogens is 396 g/mol. The summed E-state index contributed by atoms with van der Waals surface area (Å²) >= 11 is 7.52. The number of nitrogens with one attached hydrogen (secondary N) is 1. The van der Waals surface area contributed by atoms with Gasteiger partial charge in [-0.3, -0.25) is 14.9 Å². The van der Waals surface area contributed by atoms with Gasteiger partial charge in [-0.25, -0.2) is 0 Å². The zero-order valence-corrected chi connectivity index (χ0v) is 16.6. The van der Waals surface area contributed by atoms with E-state index in [2.05, 4.69) is 5.32 Å². The summed E-state index contributed by atoms with van der Waals surface area (Å²) in [6.07, 6.45) is 0. The maximum absolute atomic E-state index is 12.6. The zero-order chi connectivity index (χ0) is 20.1. The van der Waals surface area contributed by atoms with E-state index in [1.807, 2.05) is 48.5 Å². The van der Waals surface area contributed by atoms with E-state index in [9.17, 15) is 14.9 Å². The molecule has 0 radical (unpaired) electrons. The van der Waals surface area contributed by atoms with E-state index >= 15 is 0 Å². The Balaban J connectivity index is 1.73. The van der Waals surface area contributed by atoms with E-state index in [4.69, 9.17) is 11.6 Å². The highest BCUT2D eigenvalue weighted by molar-refractivity contribution is 7.98. The first kappa shape index (κ1) is 19.9. The summed E-state index contributed by atoms with van der Waals surface area (Å²) in [5.41, 5.74) is 2.64. The highest BCUT2D eigenvalue weighted by Gasteiger charge is 2.15. The fraction of sp³-hybridized carbons (Fsp3) is 0.0952. The highest BCUT2D eigenvalue weighted by Crippen LogP contribution is 2.30. The molecule has 0 saturated carbocycles. The van der Waals surface area contributed by atoms with Crippen molar-refractivity contribution in [3.63, 3.8) is 0 Å². The fourth-order valence-corrected chi connectivity index (χ4v) is 3.72. The first-order valence-electron chi connectivity index (χ1n) is 8.46. The van der Waals surface area contributed by atoms with Gasteiger partial charge < -0.3 is 5.32 Å². The van der Waals surface area contributed by atoms with Gasteiger partial charge in [-0.1, -0.05) is 35.9 Å². The number of benzene rings is 3. The lowest BCUT2D eigenvalue weighted by Gasteiger charge is -2.11. The number of nitro benzene ring substituents is 1. The molecule has 0 fully saturated rings. The maximum atomic E-state index is 12.6. The Morgan fingerprint density at radius 2 is 1.82 bits per heavy atom. The van der Waals surface area contributed by atoms with Gasteiger partial charge in [0.05, 0.1) is 10.6 Å². The zero-order valence-electron chi connectivity index (χ0n) is 15.0. The van der Waals surface area contributed by atoms with Crippen molar-refractivity contribution < 1.29 is 9.72 Å². The summed E-state index contributed by atoms with van der Waals surface area (Å²) in [5.74, 6) is 0.429. The number of thioether (sulfide) groups is 1. The summed E-state index contributed by atoms with van der Waals surface area (Å²) in [6.45, 7) is 1.62. The number of amides is 1. The molecule has 0 atom stereocenters. The highest BCUT2D eigenvalue weighted by atomic mass is 35.5. The molecule has 7 heteroatoms. The van der Waals surface area contributed by atoms with Gasteiger partial charge in [0.15, 0.2) is 0 Å². The summed E-state index contributed by atoms with van der Waals surface area (Å²) in [6, 6.07) is 19.5. The van der Waals surface area contributed by atoms with E-state index in [0.717, 1.165) is 16.2 Å². The van der Waals surface area contributed by atoms with E-state index in [0.29, 0.717) is 21.8 Å². The monoisotopic (exact) mass is 412 g/mol. The number of rotatable bonds is 6. The molecule has 142 valence electrons. The van der Waals surface area contributed by atoms with Crippen molar-refractivity contribution in [3.8, 4) is 0 Å². The number of halogens is 1. The van der Waals surface area contributed by atoms with Crippen LogP contribution in [0.3, 0.4) is 0 Å². The van der Waals surface area contributed by atoms with Crippen molar-refractivity contribution in [1.82, 2.24) is 0 Å². The molecular formula is C21H17ClN2O3S. The van der Waals surface area contributed by atoms with Crippen LogP contribution in [0.2, 0.25) is 5.02 Å². The number of nitrogens with zero attached hydrogens (tertiary/aromatic N) is 1. The van der Waals surface area contributed by atoms with Gasteiger partial charge in [0, 0.05) is 32.9 Å². The lowest BCUT2D eigenvalue weighted by atomic mass is 10.1. The lowest BCUT2D eigenvalue weighted by Crippen LogP contribution is -2.13. The Morgan fingerprint density at radius 1 is 1.11 bits per heavy atom. The third-order valence-corrected chi connectivity index (χ3v) is 5.50. The Bertz CT molecular complexity index is 1020. The van der Waals surface area contributed by atoms with Gasteiger partial charge in [-0.05, 0) is 48.9 Å². The fourth-order valence-electron chi connectivity index (χ4n) is 2.63. The van der Waals surface area contributed by atoms with Gasteiger partial charge in [-0.2, -0.15) is 0 Å². The van der Waals surface area contributed by atoms with Crippen LogP contribution in [0, 0.1) is 17.0 Å². The lowest BCUT2D eigenvalue weighted by molar-refractivity contribution is -0.385. The van der Waals surface area contributed by atoms with Crippen molar-refractivity contribution >= 4 is 40.6 Å². The van der Waals surface area contributed by atoms with Crippen LogP contribution >= 0.6 is 23.4 Å². The summed E-state index contributed by atoms with van der Waals surface area (Å²) in [7, 11) is 0. The Hall–Kier alpha value is -2.83. The average molecular weight is 413 g/mol. The average Bonchev–Trinajstić information content (AvgIpc) is 2.68. The van der Waals surface area contributed by atoms with Crippen molar-refractivity contribution in [3.05, 3.63) is 98.6 Å². The molecule has 0 saturated heterocycles. The smallest absolute Gasteiger partial charge is 0.272 e. The van der Waals surface area contributed by atoms with Crippen molar-refractivity contribution in [2.24, 2.45) is 0 Å². The van der Waals surface area contributed by atoms with Gasteiger partial charge in [0.2, 0.25) is 0 Å². The third kappa shape index (κ3) is 4.91. The first-order valence-corrected chi connectivity index (χ1v) is 9.83. The van der Waals surface area contributed by atoms with Crippen LogP contribution in [0.5, 0.6) is 0 Å². The number of para-hydroxylation sites is 1. The Kier molecular flexibility index (Phi) is 6.34. The van der Waals surface area contributed by atoms with Gasteiger partial charge in [0.25, 0.3) is 11.6 Å². The van der Waals surface area contributed by atoms with E-state index in [1.165, 1.54) is 18.2 Å². The van der Waals surface area contributed by atoms with Crippen molar-refractivity contribution in [2.75, 3.05) is 5.32 Å². The Labute approximate surface area is 171 Å². The third-order valence-electron chi connectivity index (χ3n) is 4.10. The maximum Gasteiger partial charge on any atom is 0.272 e. The van der Waals surface area contributed by atoms with Gasteiger partial charge >= 0.3 is 0 Å². The minimum absolute atomic E-state index is 0.00419. The summed E-state index contributed by atoms with van der Waals surface area (Å²) in [4.78, 5) is 24.0. The SMILES string of the molecule is Cc1cc(C(=O)Nc2ccccc2SCc2ccc(Cl)cc2)ccc1[N+](=O)[O-]. The first-order chi connectivity index (χ1) is 13.4. The molecule has 0 aliphatic heterocycles. The number of anilines is 1. The molecule has 0 aliphatic rings. The number of nitro groups is 1. The molecule has 3 rings (SSSR count). The second kappa shape index (κ2) is 8.91. The molecule has 1 amide bonds. The van der Waals surface area contributed by atoms with Gasteiger partial charge in [0.1, 0.15) is 0 Å². The van der Waals surface area contributed by atoms with Crippen LogP contribution in [0.4, 0.5) is 11.4 Å². The largest absolute Gasteiger partial charge is 0.321 e. The van der Waals surface area contributed by atoms with Crippen LogP contribution in [0.15, 0.2) is 71.6 Å². The molecule has 3 aromatic carbocycles. The molecule has 0 spiro atoms. The second-order valence-electron chi connectivity index (χ2n) is 6.12. The normalized spacial score (nSPS) is 10.5. The van der Waals surface area contributed by atoms with E-state index in [-0.39, 0.29) is 11.6 Å². The number of carbonyl (C=O) groups excluding carboxylic acids is 1. The quantitative estimate of drug-likeness (QED) is 0.301. The minimum atomic E-state index is -0.459. The molecule has 3 aromatic rings. The molecule has 0 bridgehead atoms. The standard InChI is InChI=1S/C21H17ClN2O3S/c1-14-12-16(8-11-19(14)24(26)27)21(25)23-18-4-2-3-5-20(18)28-13-15-6-9-17(22)10-7-15/h2-12H,13H2,1H3,(H,23,25). The van der Waals surface area contributed by atoms with Crippen LogP contribution < -0.4 is 5.32 Å². The predicted octanol–water partition coefficient (Wildman–Crippen LogP) is 6.10. The van der Waals surface area contributed by atoms with E-state index in [1.54, 1.807) is 18.7 Å². The summed E-state index contributed by atoms with van der Waals surface area (Å²) in [5, 5.41) is 14.5. The van der Waals surface area contributed by atoms with Gasteiger partial charge in [-0.15, -0.1) is 11.8 Å². The number of aryl methyl sites for hydroxylation is 1. The molecule has 5 nitrogen and oxygen atoms in total.